The number of nitrogens with one attached hydrogen (secondary N) is 2. The standard InChI is InChI=1S/C19H22N2O3S/c1-14-4-2-5-16(10-14)12-20-19(22)17-6-3-7-18(11-17)25(23,24)21-13-15-8-9-15/h2-7,10-11,15,21H,8-9,12-13H2,1H3,(H,20,22). The molecule has 0 unspecified atom stereocenters. The fourth-order valence-electron chi connectivity index (χ4n) is 2.54. The Morgan fingerprint density at radius 2 is 1.88 bits per heavy atom. The highest BCUT2D eigenvalue weighted by Crippen LogP contribution is 2.28. The molecule has 0 heterocycles. The van der Waals surface area contributed by atoms with Crippen molar-refractivity contribution < 1.29 is 13.2 Å². The van der Waals surface area contributed by atoms with Gasteiger partial charge in [0.1, 0.15) is 0 Å². The van der Waals surface area contributed by atoms with Crippen LogP contribution in [0.4, 0.5) is 0 Å². The number of carbonyl (C=O) groups excluding carboxylic acids is 1. The predicted octanol–water partition coefficient (Wildman–Crippen LogP) is 2.61. The molecule has 0 radical (unpaired) electrons. The lowest BCUT2D eigenvalue weighted by Gasteiger charge is -2.09. The quantitative estimate of drug-likeness (QED) is 0.799. The van der Waals surface area contributed by atoms with Crippen LogP contribution in [0.5, 0.6) is 0 Å². The summed E-state index contributed by atoms with van der Waals surface area (Å²) in [7, 11) is -3.57. The molecule has 0 bridgehead atoms. The Labute approximate surface area is 148 Å². The van der Waals surface area contributed by atoms with Crippen LogP contribution in [0.3, 0.4) is 0 Å². The van der Waals surface area contributed by atoms with Crippen LogP contribution < -0.4 is 10.0 Å². The Balaban J connectivity index is 1.66. The van der Waals surface area contributed by atoms with Crippen molar-refractivity contribution in [2.75, 3.05) is 6.54 Å². The van der Waals surface area contributed by atoms with E-state index in [0.29, 0.717) is 24.6 Å². The molecule has 2 aromatic rings. The highest BCUT2D eigenvalue weighted by molar-refractivity contribution is 7.89. The lowest BCUT2D eigenvalue weighted by atomic mass is 10.1. The second-order valence-electron chi connectivity index (χ2n) is 6.49. The molecule has 2 aromatic carbocycles. The number of hydrogen-bond acceptors (Lipinski definition) is 3. The normalized spacial score (nSPS) is 14.3. The number of benzene rings is 2. The van der Waals surface area contributed by atoms with Gasteiger partial charge in [-0.3, -0.25) is 4.79 Å². The topological polar surface area (TPSA) is 75.3 Å². The number of carbonyl (C=O) groups is 1. The van der Waals surface area contributed by atoms with Crippen molar-refractivity contribution >= 4 is 15.9 Å². The zero-order chi connectivity index (χ0) is 17.9. The van der Waals surface area contributed by atoms with Gasteiger partial charge in [0.15, 0.2) is 0 Å². The zero-order valence-corrected chi connectivity index (χ0v) is 15.0. The van der Waals surface area contributed by atoms with Crippen LogP contribution in [0.1, 0.15) is 34.3 Å². The lowest BCUT2D eigenvalue weighted by Crippen LogP contribution is -2.27. The van der Waals surface area contributed by atoms with Gasteiger partial charge in [0.25, 0.3) is 5.91 Å². The van der Waals surface area contributed by atoms with Crippen LogP contribution in [-0.4, -0.2) is 20.9 Å². The first-order chi connectivity index (χ1) is 11.9. The summed E-state index contributed by atoms with van der Waals surface area (Å²) in [5.41, 5.74) is 2.46. The van der Waals surface area contributed by atoms with Crippen molar-refractivity contribution in [2.45, 2.75) is 31.2 Å². The summed E-state index contributed by atoms with van der Waals surface area (Å²) >= 11 is 0. The van der Waals surface area contributed by atoms with Crippen molar-refractivity contribution in [2.24, 2.45) is 5.92 Å². The van der Waals surface area contributed by atoms with E-state index in [-0.39, 0.29) is 10.8 Å². The minimum atomic E-state index is -3.57. The summed E-state index contributed by atoms with van der Waals surface area (Å²) in [5, 5.41) is 2.83. The highest BCUT2D eigenvalue weighted by atomic mass is 32.2. The van der Waals surface area contributed by atoms with Crippen molar-refractivity contribution in [1.29, 1.82) is 0 Å². The molecule has 0 saturated heterocycles. The third-order valence-corrected chi connectivity index (χ3v) is 5.62. The third kappa shape index (κ3) is 4.90. The molecule has 1 amide bonds. The minimum absolute atomic E-state index is 0.122. The second kappa shape index (κ2) is 7.37. The first-order valence-electron chi connectivity index (χ1n) is 8.37. The van der Waals surface area contributed by atoms with E-state index in [2.05, 4.69) is 10.0 Å². The van der Waals surface area contributed by atoms with Gasteiger partial charge in [-0.15, -0.1) is 0 Å². The van der Waals surface area contributed by atoms with E-state index in [0.717, 1.165) is 24.0 Å². The maximum atomic E-state index is 12.3. The molecule has 1 saturated carbocycles. The van der Waals surface area contributed by atoms with Crippen molar-refractivity contribution in [1.82, 2.24) is 10.0 Å². The van der Waals surface area contributed by atoms with Gasteiger partial charge in [-0.05, 0) is 49.4 Å². The number of rotatable bonds is 7. The molecule has 1 aliphatic carbocycles. The number of aryl methyl sites for hydroxylation is 1. The van der Waals surface area contributed by atoms with Crippen LogP contribution in [0.15, 0.2) is 53.4 Å². The number of hydrogen-bond donors (Lipinski definition) is 2. The van der Waals surface area contributed by atoms with Crippen molar-refractivity contribution in [3.63, 3.8) is 0 Å². The predicted molar refractivity (Wildman–Crippen MR) is 96.7 cm³/mol. The maximum Gasteiger partial charge on any atom is 0.251 e. The van der Waals surface area contributed by atoms with Gasteiger partial charge in [0.2, 0.25) is 10.0 Å². The van der Waals surface area contributed by atoms with E-state index in [1.807, 2.05) is 31.2 Å². The molecule has 0 aliphatic heterocycles. The Bertz CT molecular complexity index is 874. The monoisotopic (exact) mass is 358 g/mol. The van der Waals surface area contributed by atoms with Gasteiger partial charge in [-0.1, -0.05) is 35.9 Å². The smallest absolute Gasteiger partial charge is 0.251 e. The van der Waals surface area contributed by atoms with Crippen molar-refractivity contribution in [3.05, 3.63) is 65.2 Å². The minimum Gasteiger partial charge on any atom is -0.348 e. The summed E-state index contributed by atoms with van der Waals surface area (Å²) in [6.45, 7) is 2.86. The number of sulfonamides is 1. The maximum absolute atomic E-state index is 12.3. The molecule has 1 aliphatic rings. The molecule has 2 N–H and O–H groups in total. The lowest BCUT2D eigenvalue weighted by molar-refractivity contribution is 0.0950. The SMILES string of the molecule is Cc1cccc(CNC(=O)c2cccc(S(=O)(=O)NCC3CC3)c2)c1. The first-order valence-corrected chi connectivity index (χ1v) is 9.86. The van der Waals surface area contributed by atoms with Gasteiger partial charge in [-0.25, -0.2) is 13.1 Å². The van der Waals surface area contributed by atoms with Crippen LogP contribution in [0.2, 0.25) is 0 Å². The molecule has 5 nitrogen and oxygen atoms in total. The molecule has 3 rings (SSSR count). The third-order valence-electron chi connectivity index (χ3n) is 4.20. The average Bonchev–Trinajstić information content (AvgIpc) is 3.43. The van der Waals surface area contributed by atoms with Crippen LogP contribution in [-0.2, 0) is 16.6 Å². The summed E-state index contributed by atoms with van der Waals surface area (Å²) in [6, 6.07) is 14.0. The Morgan fingerprint density at radius 1 is 1.12 bits per heavy atom. The van der Waals surface area contributed by atoms with E-state index in [4.69, 9.17) is 0 Å². The Hall–Kier alpha value is -2.18. The first kappa shape index (κ1) is 17.6. The summed E-state index contributed by atoms with van der Waals surface area (Å²) < 4.78 is 27.2. The summed E-state index contributed by atoms with van der Waals surface area (Å²) in [4.78, 5) is 12.5. The molecule has 25 heavy (non-hydrogen) atoms. The fraction of sp³-hybridized carbons (Fsp3) is 0.316. The molecule has 1 fully saturated rings. The van der Waals surface area contributed by atoms with Gasteiger partial charge in [-0.2, -0.15) is 0 Å². The second-order valence-corrected chi connectivity index (χ2v) is 8.26. The summed E-state index contributed by atoms with van der Waals surface area (Å²) in [5.74, 6) is 0.163. The fourth-order valence-corrected chi connectivity index (χ4v) is 3.71. The summed E-state index contributed by atoms with van der Waals surface area (Å²) in [6.07, 6.45) is 2.15. The van der Waals surface area contributed by atoms with E-state index >= 15 is 0 Å². The van der Waals surface area contributed by atoms with E-state index in [1.165, 1.54) is 12.1 Å². The van der Waals surface area contributed by atoms with Crippen molar-refractivity contribution in [3.8, 4) is 0 Å². The van der Waals surface area contributed by atoms with Crippen LogP contribution in [0, 0.1) is 12.8 Å². The zero-order valence-electron chi connectivity index (χ0n) is 14.2. The van der Waals surface area contributed by atoms with Gasteiger partial charge in [0, 0.05) is 18.7 Å². The molecular formula is C19H22N2O3S. The van der Waals surface area contributed by atoms with E-state index in [9.17, 15) is 13.2 Å². The van der Waals surface area contributed by atoms with Gasteiger partial charge >= 0.3 is 0 Å². The average molecular weight is 358 g/mol. The Kier molecular flexibility index (Phi) is 5.20. The number of amides is 1. The molecule has 0 spiro atoms. The van der Waals surface area contributed by atoms with Gasteiger partial charge in [0.05, 0.1) is 4.90 Å². The van der Waals surface area contributed by atoms with E-state index in [1.54, 1.807) is 12.1 Å². The molecule has 6 heteroatoms. The largest absolute Gasteiger partial charge is 0.348 e. The molecule has 132 valence electrons. The molecule has 0 atom stereocenters. The molecular weight excluding hydrogens is 336 g/mol. The molecule has 0 aromatic heterocycles. The highest BCUT2D eigenvalue weighted by Gasteiger charge is 2.24. The van der Waals surface area contributed by atoms with E-state index < -0.39 is 10.0 Å². The van der Waals surface area contributed by atoms with Crippen LogP contribution >= 0.6 is 0 Å². The Morgan fingerprint density at radius 3 is 2.60 bits per heavy atom. The van der Waals surface area contributed by atoms with Crippen LogP contribution in [0.25, 0.3) is 0 Å². The van der Waals surface area contributed by atoms with Gasteiger partial charge < -0.3 is 5.32 Å².